The molecule has 0 radical (unpaired) electrons. The molecule has 3 heterocycles. The second-order valence-electron chi connectivity index (χ2n) is 6.44. The summed E-state index contributed by atoms with van der Waals surface area (Å²) < 4.78 is 17.5. The van der Waals surface area contributed by atoms with Crippen molar-refractivity contribution in [1.29, 1.82) is 5.26 Å². The number of benzene rings is 1. The van der Waals surface area contributed by atoms with E-state index < -0.39 is 12.2 Å². The minimum Gasteiger partial charge on any atom is -0.482 e. The predicted molar refractivity (Wildman–Crippen MR) is 93.3 cm³/mol. The maximum absolute atomic E-state index is 12.9. The third-order valence-electron chi connectivity index (χ3n) is 4.59. The molecule has 2 aliphatic heterocycles. The van der Waals surface area contributed by atoms with E-state index in [2.05, 4.69) is 9.97 Å². The monoisotopic (exact) mass is 366 g/mol. The maximum atomic E-state index is 12.9. The molecular formula is C19H18N4O4. The van der Waals surface area contributed by atoms with Gasteiger partial charge >= 0.3 is 0 Å². The zero-order valence-corrected chi connectivity index (χ0v) is 14.7. The van der Waals surface area contributed by atoms with Crippen LogP contribution < -0.4 is 14.2 Å². The Hall–Kier alpha value is -3.34. The van der Waals surface area contributed by atoms with Gasteiger partial charge in [-0.05, 0) is 19.1 Å². The van der Waals surface area contributed by atoms with Gasteiger partial charge in [0.25, 0.3) is 11.8 Å². The molecule has 0 bridgehead atoms. The molecule has 2 aliphatic rings. The van der Waals surface area contributed by atoms with Crippen LogP contribution >= 0.6 is 0 Å². The number of nitriles is 1. The molecule has 138 valence electrons. The van der Waals surface area contributed by atoms with Crippen LogP contribution in [0.15, 0.2) is 36.7 Å². The molecule has 4 rings (SSSR count). The van der Waals surface area contributed by atoms with Gasteiger partial charge in [-0.25, -0.2) is 9.97 Å². The second kappa shape index (κ2) is 7.11. The molecule has 0 N–H and O–H groups in total. The van der Waals surface area contributed by atoms with Gasteiger partial charge in [0.1, 0.15) is 18.3 Å². The summed E-state index contributed by atoms with van der Waals surface area (Å²) in [7, 11) is 0. The minimum atomic E-state index is -0.704. The van der Waals surface area contributed by atoms with Gasteiger partial charge in [0.05, 0.1) is 6.54 Å². The van der Waals surface area contributed by atoms with Crippen molar-refractivity contribution >= 4 is 5.91 Å². The molecule has 1 aromatic heterocycles. The van der Waals surface area contributed by atoms with Gasteiger partial charge in [-0.2, -0.15) is 5.26 Å². The second-order valence-corrected chi connectivity index (χ2v) is 6.44. The highest BCUT2D eigenvalue weighted by atomic mass is 16.6. The summed E-state index contributed by atoms with van der Waals surface area (Å²) in [6.45, 7) is 2.76. The van der Waals surface area contributed by atoms with Crippen LogP contribution in [0.3, 0.4) is 0 Å². The summed E-state index contributed by atoms with van der Waals surface area (Å²) in [5.41, 5.74) is 0.136. The zero-order valence-electron chi connectivity index (χ0n) is 14.7. The number of aromatic nitrogens is 2. The van der Waals surface area contributed by atoms with Crippen molar-refractivity contribution < 1.29 is 19.0 Å². The Morgan fingerprint density at radius 2 is 2.00 bits per heavy atom. The summed E-state index contributed by atoms with van der Waals surface area (Å²) in [5.74, 6) is 1.27. The number of ether oxygens (including phenoxy) is 3. The Morgan fingerprint density at radius 1 is 1.26 bits per heavy atom. The standard InChI is InChI=1S/C19H18N4O4/c1-12-17(27-16-5-3-2-4-15(16)25-12)19(24)23-9-6-13(11-23)26-18-14(10-20)21-7-8-22-18/h2-5,7-8,12-13,17H,6,9,11H2,1H3/t12-,13+,17-/m0/s1. The van der Waals surface area contributed by atoms with E-state index in [9.17, 15) is 4.79 Å². The van der Waals surface area contributed by atoms with Crippen molar-refractivity contribution in [3.63, 3.8) is 0 Å². The quantitative estimate of drug-likeness (QED) is 0.813. The molecule has 0 aliphatic carbocycles. The highest BCUT2D eigenvalue weighted by molar-refractivity contribution is 5.82. The van der Waals surface area contributed by atoms with Crippen molar-refractivity contribution in [2.75, 3.05) is 13.1 Å². The van der Waals surface area contributed by atoms with Gasteiger partial charge in [-0.1, -0.05) is 12.1 Å². The maximum Gasteiger partial charge on any atom is 0.267 e. The van der Waals surface area contributed by atoms with E-state index in [1.54, 1.807) is 11.0 Å². The molecule has 0 saturated carbocycles. The summed E-state index contributed by atoms with van der Waals surface area (Å²) in [5, 5.41) is 9.08. The van der Waals surface area contributed by atoms with Gasteiger partial charge in [-0.3, -0.25) is 4.79 Å². The molecule has 3 atom stereocenters. The average molecular weight is 366 g/mol. The van der Waals surface area contributed by atoms with Gasteiger partial charge in [0, 0.05) is 25.4 Å². The Labute approximate surface area is 156 Å². The number of nitrogens with zero attached hydrogens (tertiary/aromatic N) is 4. The Balaban J connectivity index is 1.42. The number of hydrogen-bond donors (Lipinski definition) is 0. The van der Waals surface area contributed by atoms with Gasteiger partial charge < -0.3 is 19.1 Å². The number of carbonyl (C=O) groups is 1. The minimum absolute atomic E-state index is 0.136. The molecule has 8 nitrogen and oxygen atoms in total. The number of hydrogen-bond acceptors (Lipinski definition) is 7. The normalized spacial score (nSPS) is 23.6. The van der Waals surface area contributed by atoms with Gasteiger partial charge in [-0.15, -0.1) is 0 Å². The first-order valence-corrected chi connectivity index (χ1v) is 8.74. The molecule has 1 saturated heterocycles. The number of fused-ring (bicyclic) bond motifs is 1. The lowest BCUT2D eigenvalue weighted by Gasteiger charge is -2.33. The lowest BCUT2D eigenvalue weighted by molar-refractivity contribution is -0.143. The van der Waals surface area contributed by atoms with E-state index in [0.29, 0.717) is 31.0 Å². The van der Waals surface area contributed by atoms with Crippen molar-refractivity contribution in [3.8, 4) is 23.4 Å². The summed E-state index contributed by atoms with van der Waals surface area (Å²) in [6, 6.07) is 9.26. The van der Waals surface area contributed by atoms with Crippen molar-refractivity contribution in [3.05, 3.63) is 42.4 Å². The molecule has 0 unspecified atom stereocenters. The van der Waals surface area contributed by atoms with E-state index >= 15 is 0 Å². The fraction of sp³-hybridized carbons (Fsp3) is 0.368. The smallest absolute Gasteiger partial charge is 0.267 e. The molecule has 0 spiro atoms. The Kier molecular flexibility index (Phi) is 4.50. The molecule has 2 aromatic rings. The van der Waals surface area contributed by atoms with Crippen LogP contribution in [0.25, 0.3) is 0 Å². The fourth-order valence-corrected chi connectivity index (χ4v) is 3.24. The molecule has 1 aromatic carbocycles. The lowest BCUT2D eigenvalue weighted by Crippen LogP contribution is -2.50. The SMILES string of the molecule is C[C@@H]1Oc2ccccc2O[C@@H]1C(=O)N1CC[C@@H](Oc2nccnc2C#N)C1. The van der Waals surface area contributed by atoms with E-state index in [0.717, 1.165) is 0 Å². The lowest BCUT2D eigenvalue weighted by atomic mass is 10.1. The fourth-order valence-electron chi connectivity index (χ4n) is 3.24. The molecule has 1 fully saturated rings. The van der Waals surface area contributed by atoms with Crippen molar-refractivity contribution in [2.45, 2.75) is 31.7 Å². The number of amides is 1. The van der Waals surface area contributed by atoms with Crippen LogP contribution in [0.5, 0.6) is 17.4 Å². The van der Waals surface area contributed by atoms with E-state index in [1.165, 1.54) is 12.4 Å². The topological polar surface area (TPSA) is 97.6 Å². The van der Waals surface area contributed by atoms with Crippen molar-refractivity contribution in [2.24, 2.45) is 0 Å². The highest BCUT2D eigenvalue weighted by Crippen LogP contribution is 2.34. The van der Waals surface area contributed by atoms with E-state index in [-0.39, 0.29) is 23.6 Å². The zero-order chi connectivity index (χ0) is 18.8. The van der Waals surface area contributed by atoms with Crippen LogP contribution in [0.1, 0.15) is 19.0 Å². The van der Waals surface area contributed by atoms with E-state index in [4.69, 9.17) is 19.5 Å². The third kappa shape index (κ3) is 3.36. The summed E-state index contributed by atoms with van der Waals surface area (Å²) >= 11 is 0. The van der Waals surface area contributed by atoms with Crippen LogP contribution in [-0.4, -0.2) is 52.2 Å². The van der Waals surface area contributed by atoms with Crippen LogP contribution in [-0.2, 0) is 4.79 Å². The van der Waals surface area contributed by atoms with Crippen LogP contribution in [0.4, 0.5) is 0 Å². The van der Waals surface area contributed by atoms with Crippen LogP contribution in [0.2, 0.25) is 0 Å². The van der Waals surface area contributed by atoms with E-state index in [1.807, 2.05) is 31.2 Å². The number of likely N-dealkylation sites (tertiary alicyclic amines) is 1. The highest BCUT2D eigenvalue weighted by Gasteiger charge is 2.39. The Bertz CT molecular complexity index is 897. The number of para-hydroxylation sites is 2. The van der Waals surface area contributed by atoms with Crippen molar-refractivity contribution in [1.82, 2.24) is 14.9 Å². The first-order chi connectivity index (χ1) is 13.2. The number of rotatable bonds is 3. The van der Waals surface area contributed by atoms with Gasteiger partial charge in [0.2, 0.25) is 11.8 Å². The molecular weight excluding hydrogens is 348 g/mol. The Morgan fingerprint density at radius 3 is 2.78 bits per heavy atom. The van der Waals surface area contributed by atoms with Crippen LogP contribution in [0, 0.1) is 11.3 Å². The molecule has 8 heteroatoms. The number of carbonyl (C=O) groups excluding carboxylic acids is 1. The first kappa shape index (κ1) is 17.1. The predicted octanol–water partition coefficient (Wildman–Crippen LogP) is 1.56. The first-order valence-electron chi connectivity index (χ1n) is 8.74. The van der Waals surface area contributed by atoms with Gasteiger partial charge in [0.15, 0.2) is 11.5 Å². The average Bonchev–Trinajstić information content (AvgIpc) is 3.16. The third-order valence-corrected chi connectivity index (χ3v) is 4.59. The summed E-state index contributed by atoms with van der Waals surface area (Å²) in [4.78, 5) is 22.6. The largest absolute Gasteiger partial charge is 0.482 e. The molecule has 27 heavy (non-hydrogen) atoms. The molecule has 1 amide bonds. The summed E-state index contributed by atoms with van der Waals surface area (Å²) in [6.07, 6.45) is 2.22.